The van der Waals surface area contributed by atoms with E-state index in [4.69, 9.17) is 0 Å². The van der Waals surface area contributed by atoms with Crippen molar-refractivity contribution in [1.29, 1.82) is 0 Å². The van der Waals surface area contributed by atoms with Crippen molar-refractivity contribution in [3.05, 3.63) is 17.7 Å². The normalized spacial score (nSPS) is 21.7. The van der Waals surface area contributed by atoms with Crippen LogP contribution >= 0.6 is 0 Å². The van der Waals surface area contributed by atoms with E-state index in [0.717, 1.165) is 19.3 Å². The summed E-state index contributed by atoms with van der Waals surface area (Å²) in [7, 11) is 0. The molecule has 1 heterocycles. The Bertz CT molecular complexity index is 505. The Labute approximate surface area is 124 Å². The zero-order valence-electron chi connectivity index (χ0n) is 12.5. The van der Waals surface area contributed by atoms with E-state index < -0.39 is 5.97 Å². The molecule has 1 aliphatic carbocycles. The molecule has 0 amide bonds. The van der Waals surface area contributed by atoms with Crippen molar-refractivity contribution in [3.63, 3.8) is 0 Å². The van der Waals surface area contributed by atoms with Crippen molar-refractivity contribution >= 4 is 11.7 Å². The van der Waals surface area contributed by atoms with Crippen LogP contribution in [0.4, 0.5) is 5.69 Å². The van der Waals surface area contributed by atoms with Crippen molar-refractivity contribution in [2.45, 2.75) is 39.0 Å². The largest absolute Gasteiger partial charge is 0.476 e. The molecule has 2 atom stereocenters. The van der Waals surface area contributed by atoms with Crippen molar-refractivity contribution in [2.24, 2.45) is 11.8 Å². The molecular weight excluding hydrogens is 270 g/mol. The second kappa shape index (κ2) is 6.85. The van der Waals surface area contributed by atoms with Gasteiger partial charge in [0.05, 0.1) is 11.9 Å². The average molecular weight is 293 g/mol. The lowest BCUT2D eigenvalue weighted by Crippen LogP contribution is -2.22. The lowest BCUT2D eigenvalue weighted by atomic mass is 9.97. The Morgan fingerprint density at radius 3 is 2.76 bits per heavy atom. The molecule has 0 saturated heterocycles. The molecule has 3 N–H and O–H groups in total. The lowest BCUT2D eigenvalue weighted by molar-refractivity contribution is 0.0691. The summed E-state index contributed by atoms with van der Waals surface area (Å²) in [6.07, 6.45) is 4.77. The number of hydrogen-bond acceptors (Lipinski definition) is 5. The number of carboxylic acids is 1. The maximum Gasteiger partial charge on any atom is 0.356 e. The molecule has 0 radical (unpaired) electrons. The first-order valence-electron chi connectivity index (χ1n) is 7.47. The van der Waals surface area contributed by atoms with E-state index in [9.17, 15) is 15.0 Å². The van der Waals surface area contributed by atoms with Crippen molar-refractivity contribution < 1.29 is 15.0 Å². The Morgan fingerprint density at radius 1 is 1.43 bits per heavy atom. The van der Waals surface area contributed by atoms with Gasteiger partial charge in [0.25, 0.3) is 0 Å². The van der Waals surface area contributed by atoms with Crippen LogP contribution in [0.3, 0.4) is 0 Å². The van der Waals surface area contributed by atoms with E-state index in [-0.39, 0.29) is 18.2 Å². The van der Waals surface area contributed by atoms with Gasteiger partial charge in [0.1, 0.15) is 5.82 Å². The summed E-state index contributed by atoms with van der Waals surface area (Å²) in [5, 5.41) is 21.8. The Morgan fingerprint density at radius 2 is 2.14 bits per heavy atom. The topological polar surface area (TPSA) is 95.3 Å². The Kier molecular flexibility index (Phi) is 5.12. The zero-order chi connectivity index (χ0) is 15.4. The van der Waals surface area contributed by atoms with Crippen LogP contribution in [0.15, 0.2) is 6.20 Å². The van der Waals surface area contributed by atoms with E-state index in [1.54, 1.807) is 6.20 Å². The third-order valence-corrected chi connectivity index (χ3v) is 4.13. The number of carboxylic acid groups (broad SMARTS) is 1. The SMILES string of the molecule is CC(C)c1ncc(NCC2CCCC2CO)c(C(=O)O)n1. The van der Waals surface area contributed by atoms with Gasteiger partial charge < -0.3 is 15.5 Å². The van der Waals surface area contributed by atoms with Crippen LogP contribution in [0.2, 0.25) is 0 Å². The van der Waals surface area contributed by atoms with Gasteiger partial charge in [-0.3, -0.25) is 0 Å². The van der Waals surface area contributed by atoms with Gasteiger partial charge in [0, 0.05) is 19.1 Å². The van der Waals surface area contributed by atoms with E-state index in [1.165, 1.54) is 0 Å². The summed E-state index contributed by atoms with van der Waals surface area (Å²) in [6, 6.07) is 0. The monoisotopic (exact) mass is 293 g/mol. The molecule has 6 heteroatoms. The molecule has 1 aromatic heterocycles. The molecule has 0 aromatic carbocycles. The van der Waals surface area contributed by atoms with Crippen LogP contribution < -0.4 is 5.32 Å². The van der Waals surface area contributed by atoms with Gasteiger partial charge in [0.15, 0.2) is 5.69 Å². The Balaban J connectivity index is 2.10. The quantitative estimate of drug-likeness (QED) is 0.743. The summed E-state index contributed by atoms with van der Waals surface area (Å²) >= 11 is 0. The first kappa shape index (κ1) is 15.7. The molecule has 1 fully saturated rings. The third-order valence-electron chi connectivity index (χ3n) is 4.13. The van der Waals surface area contributed by atoms with Crippen LogP contribution in [-0.2, 0) is 0 Å². The highest BCUT2D eigenvalue weighted by Gasteiger charge is 2.27. The lowest BCUT2D eigenvalue weighted by Gasteiger charge is -2.19. The van der Waals surface area contributed by atoms with Crippen LogP contribution in [0.1, 0.15) is 55.3 Å². The first-order valence-corrected chi connectivity index (χ1v) is 7.47. The molecule has 0 spiro atoms. The van der Waals surface area contributed by atoms with Gasteiger partial charge in [-0.1, -0.05) is 20.3 Å². The second-order valence-electron chi connectivity index (χ2n) is 5.96. The number of anilines is 1. The zero-order valence-corrected chi connectivity index (χ0v) is 12.5. The standard InChI is InChI=1S/C15H23N3O3/c1-9(2)14-17-7-12(13(18-14)15(20)21)16-6-10-4-3-5-11(10)8-19/h7,9-11,16,19H,3-6,8H2,1-2H3,(H,20,21). The van der Waals surface area contributed by atoms with Crippen LogP contribution in [0, 0.1) is 11.8 Å². The molecule has 2 unspecified atom stereocenters. The minimum atomic E-state index is -1.05. The van der Waals surface area contributed by atoms with Gasteiger partial charge >= 0.3 is 5.97 Å². The molecule has 0 bridgehead atoms. The summed E-state index contributed by atoms with van der Waals surface area (Å²) in [4.78, 5) is 19.7. The first-order chi connectivity index (χ1) is 10.0. The molecule has 0 aliphatic heterocycles. The maximum atomic E-state index is 11.3. The number of aliphatic hydroxyl groups is 1. The minimum Gasteiger partial charge on any atom is -0.476 e. The summed E-state index contributed by atoms with van der Waals surface area (Å²) in [5.74, 6) is 0.257. The number of rotatable bonds is 6. The molecule has 21 heavy (non-hydrogen) atoms. The predicted molar refractivity (Wildman–Crippen MR) is 79.5 cm³/mol. The van der Waals surface area contributed by atoms with E-state index >= 15 is 0 Å². The highest BCUT2D eigenvalue weighted by Crippen LogP contribution is 2.31. The van der Waals surface area contributed by atoms with Crippen molar-refractivity contribution in [1.82, 2.24) is 9.97 Å². The highest BCUT2D eigenvalue weighted by atomic mass is 16.4. The number of hydrogen-bond donors (Lipinski definition) is 3. The van der Waals surface area contributed by atoms with E-state index in [2.05, 4.69) is 15.3 Å². The molecule has 1 saturated carbocycles. The summed E-state index contributed by atoms with van der Waals surface area (Å²) < 4.78 is 0. The van der Waals surface area contributed by atoms with Gasteiger partial charge in [-0.15, -0.1) is 0 Å². The van der Waals surface area contributed by atoms with E-state index in [0.29, 0.717) is 29.9 Å². The summed E-state index contributed by atoms with van der Waals surface area (Å²) in [5.41, 5.74) is 0.475. The second-order valence-corrected chi connectivity index (χ2v) is 5.96. The van der Waals surface area contributed by atoms with Crippen molar-refractivity contribution in [3.8, 4) is 0 Å². The van der Waals surface area contributed by atoms with Gasteiger partial charge in [-0.25, -0.2) is 14.8 Å². The van der Waals surface area contributed by atoms with Crippen LogP contribution in [0.5, 0.6) is 0 Å². The van der Waals surface area contributed by atoms with Gasteiger partial charge in [-0.2, -0.15) is 0 Å². The Hall–Kier alpha value is -1.69. The fourth-order valence-electron chi connectivity index (χ4n) is 2.83. The number of carbonyl (C=O) groups is 1. The fourth-order valence-corrected chi connectivity index (χ4v) is 2.83. The summed E-state index contributed by atoms with van der Waals surface area (Å²) in [6.45, 7) is 4.70. The van der Waals surface area contributed by atoms with Gasteiger partial charge in [-0.05, 0) is 24.7 Å². The fraction of sp³-hybridized carbons (Fsp3) is 0.667. The average Bonchev–Trinajstić information content (AvgIpc) is 2.92. The predicted octanol–water partition coefficient (Wildman–Crippen LogP) is 2.12. The minimum absolute atomic E-state index is 0.0206. The van der Waals surface area contributed by atoms with Crippen LogP contribution in [0.25, 0.3) is 0 Å². The highest BCUT2D eigenvalue weighted by molar-refractivity contribution is 5.91. The van der Waals surface area contributed by atoms with Crippen molar-refractivity contribution in [2.75, 3.05) is 18.5 Å². The molecule has 116 valence electrons. The third kappa shape index (κ3) is 3.69. The number of aromatic nitrogens is 2. The smallest absolute Gasteiger partial charge is 0.356 e. The molecule has 1 aliphatic rings. The number of nitrogens with one attached hydrogen (secondary N) is 1. The maximum absolute atomic E-state index is 11.3. The molecule has 6 nitrogen and oxygen atoms in total. The van der Waals surface area contributed by atoms with E-state index in [1.807, 2.05) is 13.8 Å². The molecule has 2 rings (SSSR count). The number of aliphatic hydroxyl groups excluding tert-OH is 1. The van der Waals surface area contributed by atoms with Gasteiger partial charge in [0.2, 0.25) is 0 Å². The van der Waals surface area contributed by atoms with Crippen LogP contribution in [-0.4, -0.2) is 39.3 Å². The number of nitrogens with zero attached hydrogens (tertiary/aromatic N) is 2. The number of aromatic carboxylic acids is 1. The molecular formula is C15H23N3O3. The molecule has 1 aromatic rings.